The molecule has 1 aliphatic heterocycles. The van der Waals surface area contributed by atoms with Crippen molar-refractivity contribution in [2.75, 3.05) is 13.1 Å². The van der Waals surface area contributed by atoms with Gasteiger partial charge in [0.25, 0.3) is 0 Å². The number of benzene rings is 1. The van der Waals surface area contributed by atoms with Gasteiger partial charge < -0.3 is 10.2 Å². The highest BCUT2D eigenvalue weighted by molar-refractivity contribution is 5.72. The Kier molecular flexibility index (Phi) is 8.66. The molecule has 2 aromatic rings. The van der Waals surface area contributed by atoms with Crippen molar-refractivity contribution >= 4 is 5.70 Å². The van der Waals surface area contributed by atoms with Gasteiger partial charge in [0.1, 0.15) is 11.5 Å². The molecule has 4 rings (SSSR count). The van der Waals surface area contributed by atoms with Crippen LogP contribution in [0.15, 0.2) is 84.2 Å². The zero-order chi connectivity index (χ0) is 23.6. The Hall–Kier alpha value is -3.58. The monoisotopic (exact) mass is 441 g/mol. The number of rotatable bonds is 7. The highest BCUT2D eigenvalue weighted by Gasteiger charge is 2.23. The first-order valence-corrected chi connectivity index (χ1v) is 11.5. The second kappa shape index (κ2) is 11.9. The molecule has 4 heteroatoms. The highest BCUT2D eigenvalue weighted by Crippen LogP contribution is 2.36. The lowest BCUT2D eigenvalue weighted by Crippen LogP contribution is -2.31. The van der Waals surface area contributed by atoms with Gasteiger partial charge in [0.15, 0.2) is 0 Å². The van der Waals surface area contributed by atoms with Crippen molar-refractivity contribution in [1.29, 1.82) is 0 Å². The number of likely N-dealkylation sites (tertiary alicyclic amines) is 1. The van der Waals surface area contributed by atoms with Crippen molar-refractivity contribution in [3.63, 3.8) is 0 Å². The topological polar surface area (TPSA) is 28.2 Å². The molecule has 170 valence electrons. The Morgan fingerprint density at radius 3 is 2.36 bits per heavy atom. The van der Waals surface area contributed by atoms with Crippen molar-refractivity contribution in [3.8, 4) is 24.1 Å². The number of piperidine rings is 1. The molecule has 0 amide bonds. The smallest absolute Gasteiger partial charge is 0.149 e. The third-order valence-electron chi connectivity index (χ3n) is 5.76. The van der Waals surface area contributed by atoms with Crippen LogP contribution in [0.5, 0.6) is 0 Å². The van der Waals surface area contributed by atoms with Gasteiger partial charge >= 0.3 is 0 Å². The Morgan fingerprint density at radius 2 is 1.76 bits per heavy atom. The number of hydrogen-bond acceptors (Lipinski definition) is 3. The van der Waals surface area contributed by atoms with E-state index in [1.54, 1.807) is 6.07 Å². The summed E-state index contributed by atoms with van der Waals surface area (Å²) in [5.74, 6) is -0.308. The molecule has 2 aliphatic rings. The number of terminal acetylenes is 1. The quantitative estimate of drug-likeness (QED) is 0.383. The van der Waals surface area contributed by atoms with E-state index < -0.39 is 0 Å². The van der Waals surface area contributed by atoms with Gasteiger partial charge in [-0.1, -0.05) is 43.0 Å². The molecule has 0 bridgehead atoms. The van der Waals surface area contributed by atoms with Crippen molar-refractivity contribution in [3.05, 3.63) is 95.7 Å². The average Bonchev–Trinajstić information content (AvgIpc) is 3.72. The Morgan fingerprint density at radius 1 is 1.06 bits per heavy atom. The number of halogens is 1. The summed E-state index contributed by atoms with van der Waals surface area (Å²) >= 11 is 0. The van der Waals surface area contributed by atoms with Crippen molar-refractivity contribution in [2.24, 2.45) is 0 Å². The van der Waals surface area contributed by atoms with Crippen LogP contribution in [0.2, 0.25) is 0 Å². The van der Waals surface area contributed by atoms with Gasteiger partial charge in [0.05, 0.1) is 22.8 Å². The molecule has 1 saturated carbocycles. The van der Waals surface area contributed by atoms with Gasteiger partial charge in [0.2, 0.25) is 0 Å². The molecule has 1 aliphatic carbocycles. The standard InChI is InChI=1S/C27H30FN3.C2H2/c1-3-11-25(31-18-9-6-10-19-31)23(4-2)29-27(21-14-15-21)24-17-16-22(28)26(30-24)20-12-7-5-8-13-20;1-2/h3-5,7-8,11-13,16-17,29H,2,6,9-10,14-15,18-19H2,1H3;1-2H/b11-3-,25-23-;. The van der Waals surface area contributed by atoms with E-state index in [-0.39, 0.29) is 5.82 Å². The van der Waals surface area contributed by atoms with Crippen molar-refractivity contribution in [2.45, 2.75) is 39.0 Å². The molecular weight excluding hydrogens is 409 g/mol. The minimum atomic E-state index is -0.308. The SMILES string of the molecule is C#C.C=C/C(NC(=C1CC1)c1ccc(F)c(-c2ccccc2)n1)=C(\C=C/C)N1CCCCC1. The predicted molar refractivity (Wildman–Crippen MR) is 136 cm³/mol. The summed E-state index contributed by atoms with van der Waals surface area (Å²) in [5, 5.41) is 3.63. The molecule has 1 saturated heterocycles. The second-order valence-electron chi connectivity index (χ2n) is 8.05. The van der Waals surface area contributed by atoms with E-state index in [4.69, 9.17) is 4.98 Å². The number of hydrogen-bond donors (Lipinski definition) is 1. The van der Waals surface area contributed by atoms with Crippen LogP contribution in [0.4, 0.5) is 4.39 Å². The van der Waals surface area contributed by atoms with Gasteiger partial charge in [-0.15, -0.1) is 12.8 Å². The predicted octanol–water partition coefficient (Wildman–Crippen LogP) is 6.69. The number of aromatic nitrogens is 1. The van der Waals surface area contributed by atoms with Gasteiger partial charge in [-0.2, -0.15) is 0 Å². The third kappa shape index (κ3) is 6.02. The lowest BCUT2D eigenvalue weighted by atomic mass is 10.1. The molecule has 2 fully saturated rings. The van der Waals surface area contributed by atoms with E-state index in [9.17, 15) is 4.39 Å². The summed E-state index contributed by atoms with van der Waals surface area (Å²) in [6, 6.07) is 12.8. The zero-order valence-electron chi connectivity index (χ0n) is 19.4. The van der Waals surface area contributed by atoms with Crippen LogP contribution in [0.25, 0.3) is 17.0 Å². The summed E-state index contributed by atoms with van der Waals surface area (Å²) in [5.41, 5.74) is 6.35. The lowest BCUT2D eigenvalue weighted by Gasteiger charge is -2.31. The molecule has 0 radical (unpaired) electrons. The first-order valence-electron chi connectivity index (χ1n) is 11.5. The molecule has 0 atom stereocenters. The Bertz CT molecular complexity index is 1060. The van der Waals surface area contributed by atoms with Crippen molar-refractivity contribution in [1.82, 2.24) is 15.2 Å². The molecular formula is C29H32FN3. The molecule has 1 aromatic heterocycles. The minimum Gasteiger partial charge on any atom is -0.370 e. The minimum absolute atomic E-state index is 0.308. The first-order chi connectivity index (χ1) is 16.2. The fourth-order valence-electron chi connectivity index (χ4n) is 4.04. The maximum atomic E-state index is 14.6. The molecule has 0 unspecified atom stereocenters. The van der Waals surface area contributed by atoms with Crippen LogP contribution in [0.3, 0.4) is 0 Å². The van der Waals surface area contributed by atoms with Crippen LogP contribution in [-0.4, -0.2) is 23.0 Å². The molecule has 33 heavy (non-hydrogen) atoms. The van der Waals surface area contributed by atoms with Crippen LogP contribution in [0.1, 0.15) is 44.7 Å². The van der Waals surface area contributed by atoms with E-state index >= 15 is 0 Å². The Balaban J connectivity index is 0.00000149. The maximum Gasteiger partial charge on any atom is 0.149 e. The lowest BCUT2D eigenvalue weighted by molar-refractivity contribution is 0.290. The zero-order valence-corrected chi connectivity index (χ0v) is 19.4. The van der Waals surface area contributed by atoms with Gasteiger partial charge in [-0.3, -0.25) is 0 Å². The third-order valence-corrected chi connectivity index (χ3v) is 5.76. The number of allylic oxidation sites excluding steroid dienone is 4. The van der Waals surface area contributed by atoms with Crippen LogP contribution in [0, 0.1) is 18.7 Å². The van der Waals surface area contributed by atoms with Gasteiger partial charge in [0, 0.05) is 18.7 Å². The summed E-state index contributed by atoms with van der Waals surface area (Å²) in [6.45, 7) is 8.23. The summed E-state index contributed by atoms with van der Waals surface area (Å²) < 4.78 is 14.6. The summed E-state index contributed by atoms with van der Waals surface area (Å²) in [7, 11) is 0. The molecule has 0 spiro atoms. The average molecular weight is 442 g/mol. The van der Waals surface area contributed by atoms with E-state index in [2.05, 4.69) is 41.8 Å². The second-order valence-corrected chi connectivity index (χ2v) is 8.05. The van der Waals surface area contributed by atoms with Crippen LogP contribution >= 0.6 is 0 Å². The fourth-order valence-corrected chi connectivity index (χ4v) is 4.04. The Labute approximate surface area is 197 Å². The van der Waals surface area contributed by atoms with Crippen LogP contribution in [-0.2, 0) is 0 Å². The largest absolute Gasteiger partial charge is 0.370 e. The van der Waals surface area contributed by atoms with E-state index in [0.29, 0.717) is 5.69 Å². The first kappa shape index (κ1) is 24.1. The van der Waals surface area contributed by atoms with E-state index in [0.717, 1.165) is 54.3 Å². The van der Waals surface area contributed by atoms with E-state index in [1.807, 2.05) is 43.3 Å². The van der Waals surface area contributed by atoms with Crippen LogP contribution < -0.4 is 5.32 Å². The van der Waals surface area contributed by atoms with Gasteiger partial charge in [-0.25, -0.2) is 9.37 Å². The fraction of sp³-hybridized carbons (Fsp3) is 0.276. The van der Waals surface area contributed by atoms with E-state index in [1.165, 1.54) is 30.9 Å². The molecule has 2 heterocycles. The summed E-state index contributed by atoms with van der Waals surface area (Å²) in [6.07, 6.45) is 19.9. The number of nitrogens with zero attached hydrogens (tertiary/aromatic N) is 2. The normalized spacial score (nSPS) is 15.9. The molecule has 1 aromatic carbocycles. The molecule has 3 nitrogen and oxygen atoms in total. The maximum absolute atomic E-state index is 14.6. The van der Waals surface area contributed by atoms with Gasteiger partial charge in [-0.05, 0) is 68.9 Å². The number of nitrogens with one attached hydrogen (secondary N) is 1. The number of pyridine rings is 1. The highest BCUT2D eigenvalue weighted by atomic mass is 19.1. The van der Waals surface area contributed by atoms with Crippen molar-refractivity contribution < 1.29 is 4.39 Å². The summed E-state index contributed by atoms with van der Waals surface area (Å²) in [4.78, 5) is 7.15. The molecule has 1 N–H and O–H groups in total.